The van der Waals surface area contributed by atoms with Gasteiger partial charge in [0.2, 0.25) is 5.91 Å². The minimum Gasteiger partial charge on any atom is -0.497 e. The molecule has 1 aliphatic heterocycles. The largest absolute Gasteiger partial charge is 0.497 e. The van der Waals surface area contributed by atoms with Gasteiger partial charge in [-0.3, -0.25) is 9.59 Å². The molecule has 2 amide bonds. The molecule has 1 aliphatic rings. The Hall–Kier alpha value is -3.32. The molecule has 1 fully saturated rings. The van der Waals surface area contributed by atoms with Gasteiger partial charge < -0.3 is 15.0 Å². The number of amides is 2. The lowest BCUT2D eigenvalue weighted by Gasteiger charge is -2.10. The Morgan fingerprint density at radius 2 is 2.00 bits per heavy atom. The summed E-state index contributed by atoms with van der Waals surface area (Å²) < 4.78 is 6.98. The summed E-state index contributed by atoms with van der Waals surface area (Å²) in [5.74, 6) is 0.192. The van der Waals surface area contributed by atoms with Gasteiger partial charge in [-0.15, -0.1) is 0 Å². The predicted molar refractivity (Wildman–Crippen MR) is 105 cm³/mol. The SMILES string of the molecule is COc1cccc(-c2cc(C(=O)N3CNC(=O)C3)nn2-c2cccc(Cl)c2)c1. The van der Waals surface area contributed by atoms with Crippen molar-refractivity contribution in [2.24, 2.45) is 0 Å². The maximum absolute atomic E-state index is 12.8. The van der Waals surface area contributed by atoms with Gasteiger partial charge in [-0.1, -0.05) is 29.8 Å². The van der Waals surface area contributed by atoms with Crippen LogP contribution in [-0.4, -0.2) is 46.8 Å². The van der Waals surface area contributed by atoms with Gasteiger partial charge in [-0.25, -0.2) is 4.68 Å². The van der Waals surface area contributed by atoms with E-state index in [-0.39, 0.29) is 30.7 Å². The van der Waals surface area contributed by atoms with E-state index >= 15 is 0 Å². The summed E-state index contributed by atoms with van der Waals surface area (Å²) in [7, 11) is 1.60. The van der Waals surface area contributed by atoms with Crippen molar-refractivity contribution in [1.82, 2.24) is 20.0 Å². The van der Waals surface area contributed by atoms with Crippen LogP contribution >= 0.6 is 11.6 Å². The molecule has 7 nitrogen and oxygen atoms in total. The van der Waals surface area contributed by atoms with Gasteiger partial charge in [-0.2, -0.15) is 5.10 Å². The number of hydrogen-bond acceptors (Lipinski definition) is 4. The van der Waals surface area contributed by atoms with Crippen LogP contribution < -0.4 is 10.1 Å². The number of nitrogens with one attached hydrogen (secondary N) is 1. The van der Waals surface area contributed by atoms with E-state index in [0.717, 1.165) is 11.3 Å². The Balaban J connectivity index is 1.82. The maximum Gasteiger partial charge on any atom is 0.276 e. The molecule has 0 unspecified atom stereocenters. The van der Waals surface area contributed by atoms with E-state index in [9.17, 15) is 9.59 Å². The Morgan fingerprint density at radius 3 is 2.71 bits per heavy atom. The highest BCUT2D eigenvalue weighted by Gasteiger charge is 2.27. The molecule has 0 saturated carbocycles. The second-order valence-electron chi connectivity index (χ2n) is 6.30. The zero-order valence-electron chi connectivity index (χ0n) is 15.1. The molecule has 2 heterocycles. The van der Waals surface area contributed by atoms with E-state index in [2.05, 4.69) is 10.4 Å². The highest BCUT2D eigenvalue weighted by atomic mass is 35.5. The van der Waals surface area contributed by atoms with E-state index in [1.54, 1.807) is 30.0 Å². The number of rotatable bonds is 4. The third-order valence-electron chi connectivity index (χ3n) is 4.44. The quantitative estimate of drug-likeness (QED) is 0.735. The predicted octanol–water partition coefficient (Wildman–Crippen LogP) is 2.73. The lowest BCUT2D eigenvalue weighted by atomic mass is 10.1. The van der Waals surface area contributed by atoms with Crippen molar-refractivity contribution in [3.8, 4) is 22.7 Å². The van der Waals surface area contributed by atoms with Crippen molar-refractivity contribution >= 4 is 23.4 Å². The second-order valence-corrected chi connectivity index (χ2v) is 6.74. The van der Waals surface area contributed by atoms with E-state index in [1.807, 2.05) is 36.4 Å². The number of halogens is 1. The average Bonchev–Trinajstić information content (AvgIpc) is 3.34. The van der Waals surface area contributed by atoms with Crippen LogP contribution in [0.15, 0.2) is 54.6 Å². The van der Waals surface area contributed by atoms with E-state index in [4.69, 9.17) is 16.3 Å². The van der Waals surface area contributed by atoms with Crippen LogP contribution in [0.3, 0.4) is 0 Å². The highest BCUT2D eigenvalue weighted by Crippen LogP contribution is 2.28. The molecular weight excluding hydrogens is 380 g/mol. The van der Waals surface area contributed by atoms with Gasteiger partial charge in [0.25, 0.3) is 5.91 Å². The number of hydrogen-bond donors (Lipinski definition) is 1. The van der Waals surface area contributed by atoms with Crippen LogP contribution in [0.5, 0.6) is 5.75 Å². The third-order valence-corrected chi connectivity index (χ3v) is 4.67. The third kappa shape index (κ3) is 3.44. The first kappa shape index (κ1) is 18.1. The number of carbonyl (C=O) groups is 2. The van der Waals surface area contributed by atoms with Gasteiger partial charge in [0, 0.05) is 10.6 Å². The van der Waals surface area contributed by atoms with Gasteiger partial charge in [-0.05, 0) is 36.4 Å². The van der Waals surface area contributed by atoms with Crippen molar-refractivity contribution in [2.45, 2.75) is 0 Å². The summed E-state index contributed by atoms with van der Waals surface area (Å²) in [5.41, 5.74) is 2.51. The number of benzene rings is 2. The number of ether oxygens (including phenoxy) is 1. The summed E-state index contributed by atoms with van der Waals surface area (Å²) in [4.78, 5) is 25.7. The van der Waals surface area contributed by atoms with Crippen LogP contribution in [0.1, 0.15) is 10.5 Å². The first-order valence-electron chi connectivity index (χ1n) is 8.61. The molecule has 0 radical (unpaired) electrons. The Morgan fingerprint density at radius 1 is 1.18 bits per heavy atom. The van der Waals surface area contributed by atoms with Crippen LogP contribution in [-0.2, 0) is 4.79 Å². The highest BCUT2D eigenvalue weighted by molar-refractivity contribution is 6.30. The first-order chi connectivity index (χ1) is 13.5. The Kier molecular flexibility index (Phi) is 4.75. The maximum atomic E-state index is 12.8. The summed E-state index contributed by atoms with van der Waals surface area (Å²) >= 11 is 6.15. The summed E-state index contributed by atoms with van der Waals surface area (Å²) in [6.07, 6.45) is 0. The molecule has 2 aromatic carbocycles. The van der Waals surface area contributed by atoms with Crippen LogP contribution in [0, 0.1) is 0 Å². The van der Waals surface area contributed by atoms with Crippen molar-refractivity contribution in [3.05, 3.63) is 65.3 Å². The molecule has 4 rings (SSSR count). The molecule has 8 heteroatoms. The molecule has 1 N–H and O–H groups in total. The van der Waals surface area contributed by atoms with Crippen molar-refractivity contribution < 1.29 is 14.3 Å². The second kappa shape index (κ2) is 7.36. The molecular formula is C20H17ClN4O3. The smallest absolute Gasteiger partial charge is 0.276 e. The number of carbonyl (C=O) groups excluding carboxylic acids is 2. The minimum absolute atomic E-state index is 0.0252. The molecule has 0 bridgehead atoms. The fourth-order valence-corrected chi connectivity index (χ4v) is 3.24. The van der Waals surface area contributed by atoms with Crippen molar-refractivity contribution in [2.75, 3.05) is 20.3 Å². The Labute approximate surface area is 166 Å². The molecule has 0 spiro atoms. The van der Waals surface area contributed by atoms with Gasteiger partial charge in [0.1, 0.15) is 12.3 Å². The number of methoxy groups -OCH3 is 1. The van der Waals surface area contributed by atoms with Crippen molar-refractivity contribution in [3.63, 3.8) is 0 Å². The van der Waals surface area contributed by atoms with Gasteiger partial charge in [0.05, 0.1) is 25.2 Å². The minimum atomic E-state index is -0.316. The molecule has 1 aromatic heterocycles. The zero-order chi connectivity index (χ0) is 19.7. The van der Waals surface area contributed by atoms with Crippen LogP contribution in [0.4, 0.5) is 0 Å². The Bertz CT molecular complexity index is 1060. The normalized spacial score (nSPS) is 13.5. The summed E-state index contributed by atoms with van der Waals surface area (Å²) in [5, 5.41) is 7.70. The number of nitrogens with zero attached hydrogens (tertiary/aromatic N) is 3. The lowest BCUT2D eigenvalue weighted by Crippen LogP contribution is -2.30. The van der Waals surface area contributed by atoms with Gasteiger partial charge in [0.15, 0.2) is 5.69 Å². The zero-order valence-corrected chi connectivity index (χ0v) is 15.8. The average molecular weight is 397 g/mol. The molecule has 142 valence electrons. The molecule has 1 saturated heterocycles. The molecule has 0 aliphatic carbocycles. The number of aromatic nitrogens is 2. The van der Waals surface area contributed by atoms with Crippen LogP contribution in [0.25, 0.3) is 16.9 Å². The summed E-state index contributed by atoms with van der Waals surface area (Å²) in [6, 6.07) is 16.4. The van der Waals surface area contributed by atoms with Crippen LogP contribution in [0.2, 0.25) is 5.02 Å². The van der Waals surface area contributed by atoms with E-state index < -0.39 is 0 Å². The van der Waals surface area contributed by atoms with E-state index in [0.29, 0.717) is 16.5 Å². The topological polar surface area (TPSA) is 76.5 Å². The summed E-state index contributed by atoms with van der Waals surface area (Å²) in [6.45, 7) is 0.202. The van der Waals surface area contributed by atoms with Gasteiger partial charge >= 0.3 is 0 Å². The monoisotopic (exact) mass is 396 g/mol. The van der Waals surface area contributed by atoms with Crippen molar-refractivity contribution in [1.29, 1.82) is 0 Å². The van der Waals surface area contributed by atoms with E-state index in [1.165, 1.54) is 4.90 Å². The molecule has 3 aromatic rings. The molecule has 0 atom stereocenters. The lowest BCUT2D eigenvalue weighted by molar-refractivity contribution is -0.118. The standard InChI is InChI=1S/C20H17ClN4O3/c1-28-16-7-2-4-13(8-16)18-10-17(20(27)24-11-19(26)22-12-24)23-25(18)15-6-3-5-14(21)9-15/h2-10H,11-12H2,1H3,(H,22,26). The fourth-order valence-electron chi connectivity index (χ4n) is 3.05. The first-order valence-corrected chi connectivity index (χ1v) is 8.99. The fraction of sp³-hybridized carbons (Fsp3) is 0.150. The molecule has 28 heavy (non-hydrogen) atoms.